The lowest BCUT2D eigenvalue weighted by Gasteiger charge is -2.15. The fraction of sp³-hybridized carbons (Fsp3) is 0.286. The molecule has 0 saturated carbocycles. The number of rotatable bonds is 5. The van der Waals surface area contributed by atoms with Crippen molar-refractivity contribution in [2.24, 2.45) is 0 Å². The number of fused-ring (bicyclic) bond motifs is 1. The number of nitriles is 1. The van der Waals surface area contributed by atoms with Gasteiger partial charge in [-0.25, -0.2) is 9.78 Å². The predicted octanol–water partition coefficient (Wildman–Crippen LogP) is 1.83. The molecule has 0 spiro atoms. The molecule has 1 aromatic carbocycles. The first-order valence-electron chi connectivity index (χ1n) is 6.23. The average Bonchev–Trinajstić information content (AvgIpc) is 2.97. The van der Waals surface area contributed by atoms with Crippen LogP contribution in [-0.2, 0) is 9.53 Å². The summed E-state index contributed by atoms with van der Waals surface area (Å²) in [5.41, 5.74) is 2.91. The zero-order valence-electron chi connectivity index (χ0n) is 11.4. The largest absolute Gasteiger partial charge is 0.452 e. The van der Waals surface area contributed by atoms with Gasteiger partial charge in [-0.3, -0.25) is 4.79 Å². The van der Waals surface area contributed by atoms with Gasteiger partial charge in [0.1, 0.15) is 0 Å². The SMILES string of the molecule is CN(CCC#N)C(=O)COC(=O)c1ccc2ncsc2c1. The lowest BCUT2D eigenvalue weighted by atomic mass is 10.2. The number of thiazole rings is 1. The summed E-state index contributed by atoms with van der Waals surface area (Å²) >= 11 is 1.43. The lowest BCUT2D eigenvalue weighted by molar-refractivity contribution is -0.133. The zero-order valence-corrected chi connectivity index (χ0v) is 12.2. The Morgan fingerprint density at radius 1 is 1.48 bits per heavy atom. The molecular weight excluding hydrogens is 290 g/mol. The highest BCUT2D eigenvalue weighted by Gasteiger charge is 2.14. The molecule has 0 aliphatic rings. The number of hydrogen-bond acceptors (Lipinski definition) is 6. The standard InChI is InChI=1S/C14H13N3O3S/c1-17(6-2-5-15)13(18)8-20-14(19)10-3-4-11-12(7-10)21-9-16-11/h3-4,7,9H,2,6,8H2,1H3. The van der Waals surface area contributed by atoms with Crippen molar-refractivity contribution >= 4 is 33.4 Å². The topological polar surface area (TPSA) is 83.3 Å². The Hall–Kier alpha value is -2.46. The Bertz CT molecular complexity index is 705. The van der Waals surface area contributed by atoms with Gasteiger partial charge in [-0.1, -0.05) is 0 Å². The van der Waals surface area contributed by atoms with Crippen LogP contribution < -0.4 is 0 Å². The monoisotopic (exact) mass is 303 g/mol. The van der Waals surface area contributed by atoms with Crippen LogP contribution in [0.3, 0.4) is 0 Å². The van der Waals surface area contributed by atoms with E-state index < -0.39 is 5.97 Å². The van der Waals surface area contributed by atoms with Crippen molar-refractivity contribution in [2.45, 2.75) is 6.42 Å². The van der Waals surface area contributed by atoms with Crippen LogP contribution in [0, 0.1) is 11.3 Å². The number of esters is 1. The van der Waals surface area contributed by atoms with Crippen LogP contribution in [-0.4, -0.2) is 42.0 Å². The minimum Gasteiger partial charge on any atom is -0.452 e. The Balaban J connectivity index is 1.92. The maximum absolute atomic E-state index is 11.9. The molecule has 0 saturated heterocycles. The smallest absolute Gasteiger partial charge is 0.338 e. The molecule has 0 aliphatic carbocycles. The van der Waals surface area contributed by atoms with E-state index in [-0.39, 0.29) is 18.9 Å². The van der Waals surface area contributed by atoms with Gasteiger partial charge in [0, 0.05) is 13.6 Å². The maximum Gasteiger partial charge on any atom is 0.338 e. The van der Waals surface area contributed by atoms with Crippen LogP contribution in [0.15, 0.2) is 23.7 Å². The lowest BCUT2D eigenvalue weighted by Crippen LogP contribution is -2.31. The van der Waals surface area contributed by atoms with E-state index in [0.717, 1.165) is 10.2 Å². The van der Waals surface area contributed by atoms with Crippen molar-refractivity contribution < 1.29 is 14.3 Å². The van der Waals surface area contributed by atoms with Gasteiger partial charge in [-0.05, 0) is 18.2 Å². The fourth-order valence-electron chi connectivity index (χ4n) is 1.65. The highest BCUT2D eigenvalue weighted by atomic mass is 32.1. The number of carbonyl (C=O) groups is 2. The van der Waals surface area contributed by atoms with Crippen LogP contribution in [0.2, 0.25) is 0 Å². The molecule has 1 amide bonds. The van der Waals surface area contributed by atoms with Crippen molar-refractivity contribution in [3.05, 3.63) is 29.3 Å². The van der Waals surface area contributed by atoms with Crippen LogP contribution in [0.1, 0.15) is 16.8 Å². The molecule has 0 N–H and O–H groups in total. The quantitative estimate of drug-likeness (QED) is 0.787. The number of ether oxygens (including phenoxy) is 1. The van der Waals surface area contributed by atoms with Crippen molar-refractivity contribution in [3.8, 4) is 6.07 Å². The number of likely N-dealkylation sites (N-methyl/N-ethyl adjacent to an activating group) is 1. The third-order valence-electron chi connectivity index (χ3n) is 2.88. The predicted molar refractivity (Wildman–Crippen MR) is 77.8 cm³/mol. The van der Waals surface area contributed by atoms with E-state index in [4.69, 9.17) is 10.00 Å². The van der Waals surface area contributed by atoms with Gasteiger partial charge in [0.25, 0.3) is 5.91 Å². The van der Waals surface area contributed by atoms with E-state index >= 15 is 0 Å². The Morgan fingerprint density at radius 2 is 2.29 bits per heavy atom. The summed E-state index contributed by atoms with van der Waals surface area (Å²) < 4.78 is 5.88. The molecule has 2 aromatic rings. The Morgan fingerprint density at radius 3 is 3.05 bits per heavy atom. The molecule has 1 heterocycles. The van der Waals surface area contributed by atoms with Crippen LogP contribution in [0.4, 0.5) is 0 Å². The highest BCUT2D eigenvalue weighted by Crippen LogP contribution is 2.19. The maximum atomic E-state index is 11.9. The van der Waals surface area contributed by atoms with Gasteiger partial charge in [-0.15, -0.1) is 11.3 Å². The molecule has 108 valence electrons. The van der Waals surface area contributed by atoms with Crippen LogP contribution >= 0.6 is 11.3 Å². The van der Waals surface area contributed by atoms with Gasteiger partial charge in [-0.2, -0.15) is 5.26 Å². The molecule has 0 fully saturated rings. The fourth-order valence-corrected chi connectivity index (χ4v) is 2.36. The van der Waals surface area contributed by atoms with Gasteiger partial charge < -0.3 is 9.64 Å². The first-order valence-corrected chi connectivity index (χ1v) is 7.11. The zero-order chi connectivity index (χ0) is 15.2. The Kier molecular flexibility index (Phi) is 4.85. The normalized spacial score (nSPS) is 10.1. The van der Waals surface area contributed by atoms with Crippen LogP contribution in [0.5, 0.6) is 0 Å². The van der Waals surface area contributed by atoms with E-state index in [2.05, 4.69) is 4.98 Å². The number of benzene rings is 1. The third-order valence-corrected chi connectivity index (χ3v) is 3.67. The number of carbonyl (C=O) groups excluding carboxylic acids is 2. The molecule has 2 rings (SSSR count). The van der Waals surface area contributed by atoms with Crippen molar-refractivity contribution in [1.82, 2.24) is 9.88 Å². The number of hydrogen-bond donors (Lipinski definition) is 0. The minimum absolute atomic E-state index is 0.248. The summed E-state index contributed by atoms with van der Waals surface area (Å²) in [5.74, 6) is -0.884. The van der Waals surface area contributed by atoms with Crippen molar-refractivity contribution in [1.29, 1.82) is 5.26 Å². The van der Waals surface area contributed by atoms with Crippen LogP contribution in [0.25, 0.3) is 10.2 Å². The van der Waals surface area contributed by atoms with E-state index in [1.807, 2.05) is 6.07 Å². The molecule has 0 bridgehead atoms. The molecular formula is C14H13N3O3S. The number of aromatic nitrogens is 1. The molecule has 0 unspecified atom stereocenters. The molecule has 0 radical (unpaired) electrons. The van der Waals surface area contributed by atoms with Crippen molar-refractivity contribution in [2.75, 3.05) is 20.2 Å². The second kappa shape index (κ2) is 6.81. The van der Waals surface area contributed by atoms with E-state index in [1.54, 1.807) is 30.8 Å². The van der Waals surface area contributed by atoms with Gasteiger partial charge in [0.05, 0.1) is 33.8 Å². The molecule has 1 aromatic heterocycles. The second-order valence-corrected chi connectivity index (χ2v) is 5.22. The van der Waals surface area contributed by atoms with Gasteiger partial charge in [0.15, 0.2) is 6.61 Å². The highest BCUT2D eigenvalue weighted by molar-refractivity contribution is 7.16. The number of amides is 1. The first-order chi connectivity index (χ1) is 10.1. The first kappa shape index (κ1) is 14.9. The summed E-state index contributed by atoms with van der Waals surface area (Å²) in [6.07, 6.45) is 0.248. The minimum atomic E-state index is -0.549. The number of nitrogens with zero attached hydrogens (tertiary/aromatic N) is 3. The molecule has 0 atom stereocenters. The summed E-state index contributed by atoms with van der Waals surface area (Å²) in [6, 6.07) is 7.00. The molecule has 0 aliphatic heterocycles. The summed E-state index contributed by atoms with van der Waals surface area (Å²) in [6.45, 7) is -0.0127. The molecule has 6 nitrogen and oxygen atoms in total. The Labute approximate surface area is 125 Å². The van der Waals surface area contributed by atoms with Crippen molar-refractivity contribution in [3.63, 3.8) is 0 Å². The van der Waals surface area contributed by atoms with E-state index in [1.165, 1.54) is 16.2 Å². The van der Waals surface area contributed by atoms with Gasteiger partial charge >= 0.3 is 5.97 Å². The summed E-state index contributed by atoms with van der Waals surface area (Å²) in [4.78, 5) is 29.1. The third kappa shape index (κ3) is 3.77. The average molecular weight is 303 g/mol. The van der Waals surface area contributed by atoms with E-state index in [9.17, 15) is 9.59 Å². The summed E-state index contributed by atoms with van der Waals surface area (Å²) in [7, 11) is 1.57. The molecule has 21 heavy (non-hydrogen) atoms. The van der Waals surface area contributed by atoms with E-state index in [0.29, 0.717) is 12.1 Å². The molecule has 7 heteroatoms. The summed E-state index contributed by atoms with van der Waals surface area (Å²) in [5, 5.41) is 8.46. The second-order valence-electron chi connectivity index (χ2n) is 4.33. The van der Waals surface area contributed by atoms with Gasteiger partial charge in [0.2, 0.25) is 0 Å².